The topological polar surface area (TPSA) is 110 Å². The molecule has 6 rings (SSSR count). The Hall–Kier alpha value is -3.28. The Morgan fingerprint density at radius 1 is 1.12 bits per heavy atom. The number of carbonyl (C=O) groups is 1. The van der Waals surface area contributed by atoms with Crippen LogP contribution in [0.4, 0.5) is 5.69 Å². The van der Waals surface area contributed by atoms with E-state index in [0.717, 1.165) is 60.8 Å². The van der Waals surface area contributed by atoms with Gasteiger partial charge in [-0.25, -0.2) is 4.21 Å². The zero-order valence-electron chi connectivity index (χ0n) is 30.3. The summed E-state index contributed by atoms with van der Waals surface area (Å²) >= 11 is 6.38. The maximum Gasteiger partial charge on any atom is 0.263 e. The van der Waals surface area contributed by atoms with E-state index < -0.39 is 17.1 Å². The fourth-order valence-corrected chi connectivity index (χ4v) is 8.33. The largest absolute Gasteiger partial charge is 0.491 e. The molecule has 3 heterocycles. The standard InChI is InChI=1S/C32H41ClN2O4S.C8H11NO2/c1-4-6-22-15-26(33)11-13-27(22)25-18-35-17-24-9-12-28(24)30(36)8-5-7-20(2)21(3)40(38)34-32(37)23-10-14-31(39-19-25)29(35)16-23;1-10-8(11-2)7-4-3-5-9-6-7/h5,8,10-11,13-16,20-21,24-25,28,30,36H,4,6-7,9,12,17-19H2,1-3H3,(H,34,37);3-6,8H,1-2H3/b8-5+;. The first-order chi connectivity index (χ1) is 24.6. The summed E-state index contributed by atoms with van der Waals surface area (Å²) in [6.45, 7) is 8.11. The number of pyridine rings is 1. The molecule has 7 unspecified atom stereocenters. The van der Waals surface area contributed by atoms with Crippen LogP contribution in [0, 0.1) is 17.8 Å². The van der Waals surface area contributed by atoms with Crippen LogP contribution < -0.4 is 14.4 Å². The van der Waals surface area contributed by atoms with Gasteiger partial charge in [-0.3, -0.25) is 14.5 Å². The SMILES string of the molecule is CCCc1cc(Cl)ccc1C1COc2ccc3cc2N(C1)CC1CCC1C(O)/C=C/CC(C)C(C)S(=O)NC3=O.COC(OC)c1cccnc1. The third-order valence-corrected chi connectivity index (χ3v) is 12.2. The molecule has 1 amide bonds. The van der Waals surface area contributed by atoms with Gasteiger partial charge in [-0.05, 0) is 97.9 Å². The first-order valence-corrected chi connectivity index (χ1v) is 19.5. The minimum atomic E-state index is -1.53. The average molecular weight is 738 g/mol. The molecule has 51 heavy (non-hydrogen) atoms. The number of rotatable bonds is 6. The lowest BCUT2D eigenvalue weighted by Gasteiger charge is -2.42. The summed E-state index contributed by atoms with van der Waals surface area (Å²) in [4.78, 5) is 19.5. The van der Waals surface area contributed by atoms with Crippen LogP contribution in [0.2, 0.25) is 5.02 Å². The molecule has 1 aliphatic carbocycles. The van der Waals surface area contributed by atoms with E-state index >= 15 is 0 Å². The highest BCUT2D eigenvalue weighted by Crippen LogP contribution is 2.42. The number of carbonyl (C=O) groups excluding carboxylic acids is 1. The van der Waals surface area contributed by atoms with Gasteiger partial charge in [-0.1, -0.05) is 56.2 Å². The lowest BCUT2D eigenvalue weighted by atomic mass is 9.70. The Bertz CT molecular complexity index is 1650. The van der Waals surface area contributed by atoms with Gasteiger partial charge in [0.15, 0.2) is 6.29 Å². The van der Waals surface area contributed by atoms with Crippen molar-refractivity contribution in [3.8, 4) is 5.75 Å². The molecular weight excluding hydrogens is 686 g/mol. The number of ether oxygens (including phenoxy) is 3. The minimum Gasteiger partial charge on any atom is -0.491 e. The number of nitrogens with zero attached hydrogens (tertiary/aromatic N) is 2. The molecule has 3 aromatic rings. The predicted octanol–water partition coefficient (Wildman–Crippen LogP) is 7.41. The van der Waals surface area contributed by atoms with Gasteiger partial charge in [0, 0.05) is 61.8 Å². The number of aliphatic hydroxyl groups excluding tert-OH is 1. The minimum absolute atomic E-state index is 0.0908. The van der Waals surface area contributed by atoms with Crippen molar-refractivity contribution in [3.63, 3.8) is 0 Å². The third kappa shape index (κ3) is 9.78. The van der Waals surface area contributed by atoms with Crippen molar-refractivity contribution in [2.75, 3.05) is 38.8 Å². The second-order valence-corrected chi connectivity index (χ2v) is 15.8. The number of aromatic nitrogens is 1. The van der Waals surface area contributed by atoms with E-state index in [1.54, 1.807) is 32.7 Å². The lowest BCUT2D eigenvalue weighted by Crippen LogP contribution is -2.44. The number of hydrogen-bond donors (Lipinski definition) is 2. The number of fused-ring (bicyclic) bond motifs is 2. The molecule has 276 valence electrons. The molecule has 1 saturated carbocycles. The summed E-state index contributed by atoms with van der Waals surface area (Å²) in [6, 6.07) is 15.4. The molecule has 1 aromatic heterocycles. The first kappa shape index (κ1) is 38.9. The van der Waals surface area contributed by atoms with Crippen LogP contribution in [0.1, 0.15) is 85.7 Å². The Morgan fingerprint density at radius 2 is 1.92 bits per heavy atom. The number of methoxy groups -OCH3 is 2. The van der Waals surface area contributed by atoms with Crippen LogP contribution in [-0.2, 0) is 26.9 Å². The van der Waals surface area contributed by atoms with Crippen molar-refractivity contribution in [3.05, 3.63) is 100 Å². The monoisotopic (exact) mass is 737 g/mol. The van der Waals surface area contributed by atoms with Crippen LogP contribution in [0.5, 0.6) is 5.75 Å². The molecule has 11 heteroatoms. The molecular formula is C40H52ClN3O6S. The van der Waals surface area contributed by atoms with E-state index in [0.29, 0.717) is 24.5 Å². The molecule has 0 spiro atoms. The molecule has 1 fully saturated rings. The van der Waals surface area contributed by atoms with Crippen LogP contribution in [0.25, 0.3) is 0 Å². The molecule has 0 saturated heterocycles. The van der Waals surface area contributed by atoms with Crippen molar-refractivity contribution in [2.24, 2.45) is 17.8 Å². The van der Waals surface area contributed by atoms with Gasteiger partial charge in [0.2, 0.25) is 0 Å². The smallest absolute Gasteiger partial charge is 0.263 e. The van der Waals surface area contributed by atoms with E-state index in [1.165, 1.54) is 11.1 Å². The van der Waals surface area contributed by atoms with E-state index in [4.69, 9.17) is 25.8 Å². The second kappa shape index (κ2) is 18.5. The van der Waals surface area contributed by atoms with Crippen molar-refractivity contribution in [2.45, 2.75) is 76.4 Å². The van der Waals surface area contributed by atoms with Crippen LogP contribution in [-0.4, -0.2) is 65.5 Å². The maximum absolute atomic E-state index is 13.2. The van der Waals surface area contributed by atoms with Gasteiger partial charge in [0.25, 0.3) is 5.91 Å². The van der Waals surface area contributed by atoms with Crippen molar-refractivity contribution in [1.82, 2.24) is 9.71 Å². The quantitative estimate of drug-likeness (QED) is 0.199. The Kier molecular flexibility index (Phi) is 14.1. The van der Waals surface area contributed by atoms with Gasteiger partial charge < -0.3 is 24.2 Å². The maximum atomic E-state index is 13.2. The second-order valence-electron chi connectivity index (χ2n) is 13.8. The number of hydrogen-bond acceptors (Lipinski definition) is 8. The molecule has 7 atom stereocenters. The predicted molar refractivity (Wildman–Crippen MR) is 204 cm³/mol. The summed E-state index contributed by atoms with van der Waals surface area (Å²) in [5.41, 5.74) is 4.76. The number of anilines is 1. The molecule has 2 N–H and O–H groups in total. The summed E-state index contributed by atoms with van der Waals surface area (Å²) in [5.74, 6) is 1.13. The van der Waals surface area contributed by atoms with Crippen molar-refractivity contribution in [1.29, 1.82) is 0 Å². The molecule has 9 nitrogen and oxygen atoms in total. The number of benzene rings is 2. The van der Waals surface area contributed by atoms with E-state index in [9.17, 15) is 14.1 Å². The fourth-order valence-electron chi connectivity index (χ4n) is 7.11. The van der Waals surface area contributed by atoms with Gasteiger partial charge in [0.05, 0.1) is 23.6 Å². The van der Waals surface area contributed by atoms with E-state index in [-0.39, 0.29) is 35.2 Å². The Morgan fingerprint density at radius 3 is 2.61 bits per heavy atom. The van der Waals surface area contributed by atoms with Crippen LogP contribution in [0.15, 0.2) is 73.1 Å². The highest BCUT2D eigenvalue weighted by molar-refractivity contribution is 7.84. The number of aliphatic hydroxyl groups is 1. The molecule has 0 radical (unpaired) electrons. The van der Waals surface area contributed by atoms with Gasteiger partial charge >= 0.3 is 0 Å². The van der Waals surface area contributed by atoms with Crippen LogP contribution >= 0.6 is 11.6 Å². The van der Waals surface area contributed by atoms with Gasteiger partial charge in [-0.15, -0.1) is 0 Å². The number of amides is 1. The number of halogens is 1. The highest BCUT2D eigenvalue weighted by Gasteiger charge is 2.38. The fraction of sp³-hybridized carbons (Fsp3) is 0.500. The average Bonchev–Trinajstić information content (AvgIpc) is 3.29. The normalized spacial score (nSPS) is 27.1. The zero-order chi connectivity index (χ0) is 36.5. The van der Waals surface area contributed by atoms with Gasteiger partial charge in [0.1, 0.15) is 16.7 Å². The van der Waals surface area contributed by atoms with Crippen molar-refractivity contribution < 1.29 is 28.3 Å². The zero-order valence-corrected chi connectivity index (χ0v) is 31.9. The highest BCUT2D eigenvalue weighted by atomic mass is 35.5. The molecule has 2 bridgehead atoms. The van der Waals surface area contributed by atoms with E-state index in [1.807, 2.05) is 56.3 Å². The number of nitrogens with one attached hydrogen (secondary N) is 1. The summed E-state index contributed by atoms with van der Waals surface area (Å²) < 4.78 is 32.2. The number of aryl methyl sites for hydroxylation is 1. The number of allylic oxidation sites excluding steroid dienone is 1. The first-order valence-electron chi connectivity index (χ1n) is 17.9. The summed E-state index contributed by atoms with van der Waals surface area (Å²) in [5, 5.41) is 11.6. The molecule has 2 aromatic carbocycles. The molecule has 2 aliphatic heterocycles. The summed E-state index contributed by atoms with van der Waals surface area (Å²) in [6.07, 6.45) is 11.3. The lowest BCUT2D eigenvalue weighted by molar-refractivity contribution is -0.106. The van der Waals surface area contributed by atoms with Gasteiger partial charge in [-0.2, -0.15) is 0 Å². The third-order valence-electron chi connectivity index (χ3n) is 10.4. The van der Waals surface area contributed by atoms with Crippen molar-refractivity contribution >= 4 is 34.2 Å². The summed E-state index contributed by atoms with van der Waals surface area (Å²) in [7, 11) is 1.66. The van der Waals surface area contributed by atoms with E-state index in [2.05, 4.69) is 33.7 Å². The van der Waals surface area contributed by atoms with Crippen LogP contribution in [0.3, 0.4) is 0 Å². The Balaban J connectivity index is 0.000000392. The Labute approximate surface area is 310 Å². The molecule has 3 aliphatic rings.